The number of allylic oxidation sites excluding steroid dienone is 6. The van der Waals surface area contributed by atoms with Crippen LogP contribution in [0.3, 0.4) is 0 Å². The first-order chi connectivity index (χ1) is 27.5. The first-order valence-corrected chi connectivity index (χ1v) is 24.7. The largest absolute Gasteiger partial charge is 0.756 e. The van der Waals surface area contributed by atoms with Crippen LogP contribution in [0.25, 0.3) is 0 Å². The van der Waals surface area contributed by atoms with Crippen LogP contribution in [0.1, 0.15) is 200 Å². The van der Waals surface area contributed by atoms with Gasteiger partial charge < -0.3 is 27.9 Å². The highest BCUT2D eigenvalue weighted by molar-refractivity contribution is 7.45. The van der Waals surface area contributed by atoms with Gasteiger partial charge in [-0.15, -0.1) is 0 Å². The number of esters is 2. The summed E-state index contributed by atoms with van der Waals surface area (Å²) >= 11 is 0. The van der Waals surface area contributed by atoms with E-state index in [1.807, 2.05) is 21.1 Å². The van der Waals surface area contributed by atoms with Crippen molar-refractivity contribution in [3.63, 3.8) is 0 Å². The topological polar surface area (TPSA) is 111 Å². The Hall–Kier alpha value is -1.77. The molecule has 2 atom stereocenters. The Bertz CT molecular complexity index is 1070. The Morgan fingerprint density at radius 3 is 1.44 bits per heavy atom. The van der Waals surface area contributed by atoms with Crippen LogP contribution in [0, 0.1) is 0 Å². The smallest absolute Gasteiger partial charge is 0.306 e. The number of likely N-dealkylation sites (N-methyl/N-ethyl adjacent to an activating group) is 1. The van der Waals surface area contributed by atoms with Gasteiger partial charge in [0.1, 0.15) is 19.8 Å². The molecule has 0 radical (unpaired) electrons. The molecule has 0 heterocycles. The Morgan fingerprint density at radius 2 is 0.947 bits per heavy atom. The summed E-state index contributed by atoms with van der Waals surface area (Å²) in [6.45, 7) is 4.17. The molecule has 0 aliphatic rings. The van der Waals surface area contributed by atoms with E-state index in [9.17, 15) is 19.0 Å². The third kappa shape index (κ3) is 43.6. The van der Waals surface area contributed by atoms with Crippen LogP contribution in [0.15, 0.2) is 36.5 Å². The summed E-state index contributed by atoms with van der Waals surface area (Å²) in [4.78, 5) is 37.6. The fraction of sp³-hybridized carbons (Fsp3) is 0.830. The molecular weight excluding hydrogens is 737 g/mol. The van der Waals surface area contributed by atoms with Gasteiger partial charge in [-0.3, -0.25) is 14.2 Å². The average molecular weight is 826 g/mol. The second-order valence-corrected chi connectivity index (χ2v) is 18.2. The Labute approximate surface area is 351 Å². The van der Waals surface area contributed by atoms with Crippen LogP contribution in [-0.4, -0.2) is 70.0 Å². The molecule has 0 amide bonds. The van der Waals surface area contributed by atoms with Crippen LogP contribution in [0.4, 0.5) is 0 Å². The fourth-order valence-electron chi connectivity index (χ4n) is 6.25. The molecule has 0 spiro atoms. The first kappa shape index (κ1) is 55.2. The number of rotatable bonds is 42. The predicted octanol–water partition coefficient (Wildman–Crippen LogP) is 12.7. The molecule has 10 heteroatoms. The molecule has 0 aromatic carbocycles. The van der Waals surface area contributed by atoms with Gasteiger partial charge in [0.2, 0.25) is 0 Å². The van der Waals surface area contributed by atoms with Gasteiger partial charge in [-0.2, -0.15) is 0 Å². The number of ether oxygens (including phenoxy) is 2. The molecule has 1 unspecified atom stereocenters. The second kappa shape index (κ2) is 39.7. The van der Waals surface area contributed by atoms with E-state index in [-0.39, 0.29) is 26.1 Å². The number of hydrogen-bond donors (Lipinski definition) is 0. The number of phosphoric acid groups is 1. The highest BCUT2D eigenvalue weighted by Crippen LogP contribution is 2.38. The summed E-state index contributed by atoms with van der Waals surface area (Å²) in [7, 11) is 1.14. The number of unbranched alkanes of at least 4 members (excludes halogenated alkanes) is 22. The van der Waals surface area contributed by atoms with E-state index in [1.165, 1.54) is 116 Å². The molecule has 9 nitrogen and oxygen atoms in total. The molecule has 0 aliphatic carbocycles. The Morgan fingerprint density at radius 1 is 0.544 bits per heavy atom. The molecule has 0 aromatic heterocycles. The molecule has 0 saturated heterocycles. The number of hydrogen-bond acceptors (Lipinski definition) is 8. The standard InChI is InChI=1S/C47H88NO8P/c1-6-8-10-12-14-16-18-20-22-23-24-26-27-29-31-33-35-37-39-46(49)53-43-45(44-55-57(51,52)54-42-41-48(3,4)5)56-47(50)40-38-36-34-32-30-28-25-21-19-17-15-13-11-9-7-2/h15,17,21,25,30,32,45H,6-14,16,18-20,22-24,26-29,31,33-44H2,1-5H3/b17-15-,25-21-,32-30-/t45-/m1/s1. The predicted molar refractivity (Wildman–Crippen MR) is 236 cm³/mol. The second-order valence-electron chi connectivity index (χ2n) is 16.8. The van der Waals surface area contributed by atoms with E-state index >= 15 is 0 Å². The van der Waals surface area contributed by atoms with Crippen LogP contribution in [0.5, 0.6) is 0 Å². The molecule has 57 heavy (non-hydrogen) atoms. The van der Waals surface area contributed by atoms with Crippen molar-refractivity contribution in [2.24, 2.45) is 0 Å². The van der Waals surface area contributed by atoms with Gasteiger partial charge in [-0.25, -0.2) is 0 Å². The van der Waals surface area contributed by atoms with Crippen molar-refractivity contribution in [2.75, 3.05) is 47.5 Å². The Kier molecular flexibility index (Phi) is 38.4. The molecule has 0 rings (SSSR count). The zero-order valence-corrected chi connectivity index (χ0v) is 38.4. The van der Waals surface area contributed by atoms with E-state index < -0.39 is 32.5 Å². The number of nitrogens with zero attached hydrogens (tertiary/aromatic N) is 1. The van der Waals surface area contributed by atoms with Crippen molar-refractivity contribution >= 4 is 19.8 Å². The quantitative estimate of drug-likeness (QED) is 0.0197. The lowest BCUT2D eigenvalue weighted by molar-refractivity contribution is -0.870. The van der Waals surface area contributed by atoms with Gasteiger partial charge >= 0.3 is 11.9 Å². The summed E-state index contributed by atoms with van der Waals surface area (Å²) < 4.78 is 33.9. The minimum atomic E-state index is -4.63. The van der Waals surface area contributed by atoms with E-state index in [4.69, 9.17) is 18.5 Å². The Balaban J connectivity index is 4.35. The summed E-state index contributed by atoms with van der Waals surface area (Å²) in [5.41, 5.74) is 0. The molecule has 334 valence electrons. The van der Waals surface area contributed by atoms with Crippen LogP contribution >= 0.6 is 7.82 Å². The highest BCUT2D eigenvalue weighted by atomic mass is 31.2. The molecule has 0 fully saturated rings. The zero-order chi connectivity index (χ0) is 42.1. The number of carbonyl (C=O) groups excluding carboxylic acids is 2. The fourth-order valence-corrected chi connectivity index (χ4v) is 6.98. The molecule has 0 bridgehead atoms. The van der Waals surface area contributed by atoms with E-state index in [1.54, 1.807) is 0 Å². The number of carbonyl (C=O) groups is 2. The van der Waals surface area contributed by atoms with Crippen molar-refractivity contribution < 1.29 is 42.1 Å². The zero-order valence-electron chi connectivity index (χ0n) is 37.5. The summed E-state index contributed by atoms with van der Waals surface area (Å²) in [5.74, 6) is -0.873. The van der Waals surface area contributed by atoms with Crippen LogP contribution < -0.4 is 4.89 Å². The molecule has 0 aliphatic heterocycles. The lowest BCUT2D eigenvalue weighted by Gasteiger charge is -2.28. The normalized spacial score (nSPS) is 13.9. The van der Waals surface area contributed by atoms with Gasteiger partial charge in [-0.05, 0) is 51.4 Å². The van der Waals surface area contributed by atoms with Gasteiger partial charge in [0.15, 0.2) is 6.10 Å². The molecule has 0 N–H and O–H groups in total. The average Bonchev–Trinajstić information content (AvgIpc) is 3.16. The SMILES string of the molecule is CCCCC/C=C\C/C=C\C/C=C\CCCCC(=O)O[C@H](COC(=O)CCCCCCCCCCCCCCCCCCCC)COP(=O)([O-])OCC[N+](C)(C)C. The number of phosphoric ester groups is 1. The van der Waals surface area contributed by atoms with E-state index in [2.05, 4.69) is 50.3 Å². The molecule has 0 aromatic rings. The minimum Gasteiger partial charge on any atom is -0.756 e. The maximum atomic E-state index is 12.7. The minimum absolute atomic E-state index is 0.0373. The summed E-state index contributed by atoms with van der Waals surface area (Å²) in [6.07, 6.45) is 44.6. The molecular formula is C47H88NO8P. The van der Waals surface area contributed by atoms with Gasteiger partial charge in [-0.1, -0.05) is 172 Å². The van der Waals surface area contributed by atoms with E-state index in [0.717, 1.165) is 51.4 Å². The van der Waals surface area contributed by atoms with Crippen molar-refractivity contribution in [3.8, 4) is 0 Å². The summed E-state index contributed by atoms with van der Waals surface area (Å²) in [6, 6.07) is 0. The van der Waals surface area contributed by atoms with Crippen LogP contribution in [0.2, 0.25) is 0 Å². The lowest BCUT2D eigenvalue weighted by Crippen LogP contribution is -2.37. The summed E-state index contributed by atoms with van der Waals surface area (Å²) in [5, 5.41) is 0. The van der Waals surface area contributed by atoms with Gasteiger partial charge in [0.05, 0.1) is 27.7 Å². The van der Waals surface area contributed by atoms with Crippen molar-refractivity contribution in [2.45, 2.75) is 206 Å². The lowest BCUT2D eigenvalue weighted by atomic mass is 10.0. The molecule has 0 saturated carbocycles. The van der Waals surface area contributed by atoms with Crippen molar-refractivity contribution in [3.05, 3.63) is 36.5 Å². The van der Waals surface area contributed by atoms with Crippen LogP contribution in [-0.2, 0) is 32.7 Å². The van der Waals surface area contributed by atoms with Gasteiger partial charge in [0.25, 0.3) is 7.82 Å². The maximum Gasteiger partial charge on any atom is 0.306 e. The van der Waals surface area contributed by atoms with Crippen molar-refractivity contribution in [1.82, 2.24) is 0 Å². The monoisotopic (exact) mass is 826 g/mol. The third-order valence-electron chi connectivity index (χ3n) is 9.91. The maximum absolute atomic E-state index is 12.7. The van der Waals surface area contributed by atoms with Gasteiger partial charge in [0, 0.05) is 12.8 Å². The highest BCUT2D eigenvalue weighted by Gasteiger charge is 2.21. The van der Waals surface area contributed by atoms with E-state index in [0.29, 0.717) is 17.4 Å². The van der Waals surface area contributed by atoms with Crippen molar-refractivity contribution in [1.29, 1.82) is 0 Å². The third-order valence-corrected chi connectivity index (χ3v) is 10.9. The number of quaternary nitrogens is 1. The first-order valence-electron chi connectivity index (χ1n) is 23.2.